The Morgan fingerprint density at radius 3 is 2.42 bits per heavy atom. The van der Waals surface area contributed by atoms with Gasteiger partial charge in [-0.3, -0.25) is 4.79 Å². The number of carbonyl (C=O) groups excluding carboxylic acids is 1. The van der Waals surface area contributed by atoms with Crippen LogP contribution in [0, 0.1) is 0 Å². The molecule has 0 saturated carbocycles. The summed E-state index contributed by atoms with van der Waals surface area (Å²) >= 11 is 0. The molecule has 1 aliphatic heterocycles. The number of ether oxygens (including phenoxy) is 1. The summed E-state index contributed by atoms with van der Waals surface area (Å²) in [4.78, 5) is 10.9. The molecule has 0 bridgehead atoms. The summed E-state index contributed by atoms with van der Waals surface area (Å²) in [5, 5.41) is 35.0. The van der Waals surface area contributed by atoms with Gasteiger partial charge in [0.2, 0.25) is 0 Å². The van der Waals surface area contributed by atoms with E-state index in [0.717, 1.165) is 0 Å². The number of hydrogen-bond donors (Lipinski definition) is 4. The quantitative estimate of drug-likeness (QED) is 0.358. The van der Waals surface area contributed by atoms with E-state index in [0.29, 0.717) is 0 Å². The molecule has 6 heteroatoms. The molecule has 0 amide bonds. The summed E-state index contributed by atoms with van der Waals surface area (Å²) < 4.78 is 4.48. The lowest BCUT2D eigenvalue weighted by atomic mass is 10.1. The third kappa shape index (κ3) is 1.47. The standard InChI is InChI=1S/C6H10O6/c7-1-2(8)5-3(9)4(10)6(11)12-5/h2,4-8,10-11H,1H2/t2-,4-,5-,6+/m1/s1. The molecule has 0 aromatic rings. The predicted molar refractivity (Wildman–Crippen MR) is 35.0 cm³/mol. The summed E-state index contributed by atoms with van der Waals surface area (Å²) in [6.07, 6.45) is -5.97. The minimum absolute atomic E-state index is 0.657. The maximum Gasteiger partial charge on any atom is 0.197 e. The Balaban J connectivity index is 2.64. The first kappa shape index (κ1) is 9.56. The van der Waals surface area contributed by atoms with Crippen molar-refractivity contribution in [3.63, 3.8) is 0 Å². The summed E-state index contributed by atoms with van der Waals surface area (Å²) in [7, 11) is 0. The van der Waals surface area contributed by atoms with Gasteiger partial charge in [0, 0.05) is 0 Å². The zero-order valence-corrected chi connectivity index (χ0v) is 6.12. The third-order valence-electron chi connectivity index (χ3n) is 1.66. The molecule has 70 valence electrons. The van der Waals surface area contributed by atoms with Gasteiger partial charge in [-0.05, 0) is 0 Å². The van der Waals surface area contributed by atoms with E-state index in [1.54, 1.807) is 0 Å². The highest BCUT2D eigenvalue weighted by molar-refractivity contribution is 5.89. The van der Waals surface area contributed by atoms with E-state index in [1.807, 2.05) is 0 Å². The first-order chi connectivity index (χ1) is 5.57. The number of carbonyl (C=O) groups is 1. The highest BCUT2D eigenvalue weighted by Gasteiger charge is 2.44. The molecule has 12 heavy (non-hydrogen) atoms. The monoisotopic (exact) mass is 178 g/mol. The molecule has 1 fully saturated rings. The first-order valence-electron chi connectivity index (χ1n) is 3.42. The topological polar surface area (TPSA) is 107 Å². The zero-order valence-electron chi connectivity index (χ0n) is 6.12. The van der Waals surface area contributed by atoms with Gasteiger partial charge < -0.3 is 25.2 Å². The summed E-state index contributed by atoms with van der Waals surface area (Å²) in [6, 6.07) is 0. The molecule has 0 unspecified atom stereocenters. The van der Waals surface area contributed by atoms with E-state index in [9.17, 15) is 4.79 Å². The van der Waals surface area contributed by atoms with Crippen LogP contribution in [0.5, 0.6) is 0 Å². The van der Waals surface area contributed by atoms with Crippen molar-refractivity contribution in [3.8, 4) is 0 Å². The van der Waals surface area contributed by atoms with E-state index >= 15 is 0 Å². The van der Waals surface area contributed by atoms with Gasteiger partial charge in [-0.25, -0.2) is 0 Å². The third-order valence-corrected chi connectivity index (χ3v) is 1.66. The SMILES string of the molecule is O=C1[C@@H](O)[C@@H](O)O[C@@H]1[C@H](O)CO. The Labute approximate surface area is 68.0 Å². The number of rotatable bonds is 2. The minimum atomic E-state index is -1.63. The molecule has 0 spiro atoms. The Kier molecular flexibility index (Phi) is 2.76. The van der Waals surface area contributed by atoms with Crippen molar-refractivity contribution in [1.29, 1.82) is 0 Å². The second-order valence-electron chi connectivity index (χ2n) is 2.54. The predicted octanol–water partition coefficient (Wildman–Crippen LogP) is -3.01. The lowest BCUT2D eigenvalue weighted by Gasteiger charge is -2.12. The van der Waals surface area contributed by atoms with Crippen LogP contribution in [0.2, 0.25) is 0 Å². The largest absolute Gasteiger partial charge is 0.394 e. The first-order valence-corrected chi connectivity index (χ1v) is 3.42. The molecular weight excluding hydrogens is 168 g/mol. The Morgan fingerprint density at radius 1 is 1.50 bits per heavy atom. The van der Waals surface area contributed by atoms with Crippen molar-refractivity contribution in [2.24, 2.45) is 0 Å². The molecule has 4 atom stereocenters. The summed E-state index contributed by atoms with van der Waals surface area (Å²) in [5.74, 6) is -0.816. The smallest absolute Gasteiger partial charge is 0.197 e. The molecule has 6 nitrogen and oxygen atoms in total. The van der Waals surface area contributed by atoms with Crippen LogP contribution in [0.1, 0.15) is 0 Å². The van der Waals surface area contributed by atoms with Crippen molar-refractivity contribution >= 4 is 5.78 Å². The second kappa shape index (κ2) is 3.46. The molecule has 0 aliphatic carbocycles. The van der Waals surface area contributed by atoms with Crippen LogP contribution in [0.25, 0.3) is 0 Å². The van der Waals surface area contributed by atoms with Gasteiger partial charge in [0.15, 0.2) is 18.2 Å². The molecule has 1 rings (SSSR count). The number of Topliss-reactive ketones (excluding diaryl/α,β-unsaturated/α-hetero) is 1. The van der Waals surface area contributed by atoms with Crippen LogP contribution >= 0.6 is 0 Å². The normalized spacial score (nSPS) is 38.7. The van der Waals surface area contributed by atoms with Crippen LogP contribution in [0.4, 0.5) is 0 Å². The van der Waals surface area contributed by atoms with Gasteiger partial charge in [0.05, 0.1) is 6.61 Å². The van der Waals surface area contributed by atoms with Crippen molar-refractivity contribution in [2.75, 3.05) is 6.61 Å². The summed E-state index contributed by atoms with van der Waals surface area (Å²) in [5.41, 5.74) is 0. The fourth-order valence-electron chi connectivity index (χ4n) is 0.977. The molecule has 1 saturated heterocycles. The van der Waals surface area contributed by atoms with Crippen molar-refractivity contribution < 1.29 is 30.0 Å². The van der Waals surface area contributed by atoms with Gasteiger partial charge in [-0.1, -0.05) is 0 Å². The number of hydrogen-bond acceptors (Lipinski definition) is 6. The second-order valence-corrected chi connectivity index (χ2v) is 2.54. The molecular formula is C6H10O6. The minimum Gasteiger partial charge on any atom is -0.394 e. The van der Waals surface area contributed by atoms with Gasteiger partial charge in [-0.2, -0.15) is 0 Å². The molecule has 4 N–H and O–H groups in total. The van der Waals surface area contributed by atoms with Crippen LogP contribution in [0.3, 0.4) is 0 Å². The maximum absolute atomic E-state index is 10.9. The summed E-state index contributed by atoms with van der Waals surface area (Å²) in [6.45, 7) is -0.657. The highest BCUT2D eigenvalue weighted by atomic mass is 16.6. The Morgan fingerprint density at radius 2 is 2.08 bits per heavy atom. The van der Waals surface area contributed by atoms with Gasteiger partial charge in [0.25, 0.3) is 0 Å². The Hall–Kier alpha value is -0.530. The van der Waals surface area contributed by atoms with Crippen molar-refractivity contribution in [1.82, 2.24) is 0 Å². The van der Waals surface area contributed by atoms with Crippen molar-refractivity contribution in [2.45, 2.75) is 24.6 Å². The van der Waals surface area contributed by atoms with E-state index in [1.165, 1.54) is 0 Å². The molecule has 0 aromatic carbocycles. The van der Waals surface area contributed by atoms with Crippen LogP contribution in [-0.2, 0) is 9.53 Å². The fraction of sp³-hybridized carbons (Fsp3) is 0.833. The van der Waals surface area contributed by atoms with Crippen LogP contribution in [0.15, 0.2) is 0 Å². The number of ketones is 1. The average Bonchev–Trinajstić information content (AvgIpc) is 2.32. The van der Waals surface area contributed by atoms with E-state index in [-0.39, 0.29) is 0 Å². The molecule has 1 aliphatic rings. The lowest BCUT2D eigenvalue weighted by Crippen LogP contribution is -2.36. The van der Waals surface area contributed by atoms with Gasteiger partial charge >= 0.3 is 0 Å². The average molecular weight is 178 g/mol. The maximum atomic E-state index is 10.9. The number of aliphatic hydroxyl groups is 4. The van der Waals surface area contributed by atoms with Crippen molar-refractivity contribution in [3.05, 3.63) is 0 Å². The lowest BCUT2D eigenvalue weighted by molar-refractivity contribution is -0.150. The number of aliphatic hydroxyl groups excluding tert-OH is 4. The highest BCUT2D eigenvalue weighted by Crippen LogP contribution is 2.17. The van der Waals surface area contributed by atoms with E-state index in [2.05, 4.69) is 4.74 Å². The van der Waals surface area contributed by atoms with Crippen LogP contribution in [-0.4, -0.2) is 57.4 Å². The van der Waals surface area contributed by atoms with Gasteiger partial charge in [-0.15, -0.1) is 0 Å². The Bertz CT molecular complexity index is 181. The molecule has 1 heterocycles. The molecule has 0 aromatic heterocycles. The fourth-order valence-corrected chi connectivity index (χ4v) is 0.977. The van der Waals surface area contributed by atoms with E-state index in [4.69, 9.17) is 20.4 Å². The molecule has 0 radical (unpaired) electrons. The van der Waals surface area contributed by atoms with Crippen LogP contribution < -0.4 is 0 Å². The zero-order chi connectivity index (χ0) is 9.30. The van der Waals surface area contributed by atoms with Gasteiger partial charge in [0.1, 0.15) is 12.2 Å². The van der Waals surface area contributed by atoms with E-state index < -0.39 is 37.0 Å².